The van der Waals surface area contributed by atoms with E-state index in [9.17, 15) is 20.0 Å². The number of aromatic amines is 2. The predicted octanol–water partition coefficient (Wildman–Crippen LogP) is 6.40. The van der Waals surface area contributed by atoms with Gasteiger partial charge in [0.05, 0.1) is 40.1 Å². The van der Waals surface area contributed by atoms with Crippen LogP contribution in [0.4, 0.5) is 11.4 Å². The molecule has 10 heteroatoms. The third kappa shape index (κ3) is 6.23. The summed E-state index contributed by atoms with van der Waals surface area (Å²) < 4.78 is 0. The Morgan fingerprint density at radius 3 is 2.60 bits per heavy atom. The molecule has 0 unspecified atom stereocenters. The van der Waals surface area contributed by atoms with E-state index in [0.29, 0.717) is 40.8 Å². The molecule has 0 radical (unpaired) electrons. The highest BCUT2D eigenvalue weighted by molar-refractivity contribution is 6.22. The number of aromatic hydroxyl groups is 1. The van der Waals surface area contributed by atoms with Crippen molar-refractivity contribution in [3.05, 3.63) is 117 Å². The van der Waals surface area contributed by atoms with Gasteiger partial charge in [-0.3, -0.25) is 14.9 Å². The van der Waals surface area contributed by atoms with E-state index in [1.165, 1.54) is 12.1 Å². The second kappa shape index (κ2) is 12.2. The van der Waals surface area contributed by atoms with Crippen molar-refractivity contribution in [2.45, 2.75) is 25.7 Å². The number of aromatic nitrogens is 3. The molecule has 3 aromatic carbocycles. The summed E-state index contributed by atoms with van der Waals surface area (Å²) in [6.45, 7) is 1.48. The minimum absolute atomic E-state index is 0.0804. The van der Waals surface area contributed by atoms with Crippen LogP contribution in [0.5, 0.6) is 5.88 Å². The monoisotopic (exact) mass is 574 g/mol. The molecule has 1 fully saturated rings. The van der Waals surface area contributed by atoms with Crippen LogP contribution in [0.1, 0.15) is 47.2 Å². The number of nitrogens with one attached hydrogen (secondary N) is 2. The second-order valence-electron chi connectivity index (χ2n) is 10.5. The van der Waals surface area contributed by atoms with Gasteiger partial charge in [-0.1, -0.05) is 42.5 Å². The smallest absolute Gasteiger partial charge is 0.270 e. The van der Waals surface area contributed by atoms with Crippen molar-refractivity contribution in [1.82, 2.24) is 19.9 Å². The largest absolute Gasteiger partial charge is 0.494 e. The van der Waals surface area contributed by atoms with Crippen molar-refractivity contribution in [3.8, 4) is 5.88 Å². The Morgan fingerprint density at radius 2 is 1.88 bits per heavy atom. The Morgan fingerprint density at radius 1 is 1.07 bits per heavy atom. The van der Waals surface area contributed by atoms with Gasteiger partial charge in [0.15, 0.2) is 5.88 Å². The molecule has 0 spiro atoms. The van der Waals surface area contributed by atoms with E-state index in [2.05, 4.69) is 15.0 Å². The van der Waals surface area contributed by atoms with Gasteiger partial charge >= 0.3 is 0 Å². The van der Waals surface area contributed by atoms with Gasteiger partial charge in [0.25, 0.3) is 5.69 Å². The summed E-state index contributed by atoms with van der Waals surface area (Å²) in [6, 6.07) is 19.9. The molecule has 0 saturated carbocycles. The molecule has 10 nitrogen and oxygen atoms in total. The number of amides is 1. The van der Waals surface area contributed by atoms with Crippen LogP contribution in [-0.4, -0.2) is 54.6 Å². The molecular weight excluding hydrogens is 544 g/mol. The molecule has 1 aliphatic heterocycles. The van der Waals surface area contributed by atoms with Crippen molar-refractivity contribution in [1.29, 1.82) is 0 Å². The van der Waals surface area contributed by atoms with Crippen molar-refractivity contribution >= 4 is 46.0 Å². The summed E-state index contributed by atoms with van der Waals surface area (Å²) in [5, 5.41) is 23.1. The van der Waals surface area contributed by atoms with Crippen LogP contribution in [0.2, 0.25) is 0 Å². The fraction of sp³-hybridized carbons (Fsp3) is 0.182. The van der Waals surface area contributed by atoms with Gasteiger partial charge in [-0.2, -0.15) is 0 Å². The number of carbonyl (C=O) groups is 1. The Balaban J connectivity index is 1.35. The quantitative estimate of drug-likeness (QED) is 0.106. The van der Waals surface area contributed by atoms with E-state index in [0.717, 1.165) is 48.2 Å². The van der Waals surface area contributed by atoms with Crippen molar-refractivity contribution < 1.29 is 14.8 Å². The lowest BCUT2D eigenvalue weighted by Gasteiger charge is -2.26. The zero-order valence-corrected chi connectivity index (χ0v) is 23.4. The van der Waals surface area contributed by atoms with Gasteiger partial charge in [0.1, 0.15) is 0 Å². The maximum absolute atomic E-state index is 12.2. The molecule has 1 amide bonds. The van der Waals surface area contributed by atoms with Gasteiger partial charge in [-0.05, 0) is 54.7 Å². The summed E-state index contributed by atoms with van der Waals surface area (Å²) in [5.74, 6) is 0.0880. The summed E-state index contributed by atoms with van der Waals surface area (Å²) in [5.41, 5.74) is 5.67. The molecule has 6 rings (SSSR count). The lowest BCUT2D eigenvalue weighted by molar-refractivity contribution is -0.384. The van der Waals surface area contributed by atoms with Crippen molar-refractivity contribution in [2.75, 3.05) is 13.1 Å². The Hall–Kier alpha value is -5.51. The highest BCUT2D eigenvalue weighted by atomic mass is 16.6. The van der Waals surface area contributed by atoms with Gasteiger partial charge in [-0.15, -0.1) is 0 Å². The standard InChI is InChI=1S/C33H30N6O4/c40-30-3-1-2-17-38(30)18-16-23-4-9-24(10-5-23)32(31-28-19-27(39(42)43)14-15-29(28)37-33(31)41)36-25-11-6-22(7-12-25)8-13-26-20-34-21-35-26/h4-15,19-21,37,41H,1-3,16-18H2,(H,34,35)/b13-8+,36-32?. The molecule has 0 bridgehead atoms. The molecule has 0 aliphatic carbocycles. The number of nitrogens with zero attached hydrogens (tertiary/aromatic N) is 4. The molecular formula is C33H30N6O4. The summed E-state index contributed by atoms with van der Waals surface area (Å²) in [7, 11) is 0. The van der Waals surface area contributed by atoms with Crippen LogP contribution in [0.3, 0.4) is 0 Å². The summed E-state index contributed by atoms with van der Waals surface area (Å²) in [4.78, 5) is 40.2. The molecule has 0 atom stereocenters. The van der Waals surface area contributed by atoms with Crippen LogP contribution in [0, 0.1) is 10.1 Å². The first kappa shape index (κ1) is 27.6. The first-order chi connectivity index (χ1) is 20.9. The molecule has 1 saturated heterocycles. The van der Waals surface area contributed by atoms with Gasteiger partial charge in [0.2, 0.25) is 5.91 Å². The molecule has 3 N–H and O–H groups in total. The number of non-ortho nitro benzene ring substituents is 1. The number of piperidine rings is 1. The number of H-pyrrole nitrogens is 2. The number of carbonyl (C=O) groups excluding carboxylic acids is 1. The number of aliphatic imine (C=N–C) groups is 1. The topological polar surface area (TPSA) is 141 Å². The maximum atomic E-state index is 12.2. The number of benzene rings is 3. The van der Waals surface area contributed by atoms with Crippen LogP contribution in [0.15, 0.2) is 84.2 Å². The molecule has 5 aromatic rings. The van der Waals surface area contributed by atoms with E-state index >= 15 is 0 Å². The van der Waals surface area contributed by atoms with E-state index in [1.807, 2.05) is 65.6 Å². The van der Waals surface area contributed by atoms with Crippen LogP contribution in [0.25, 0.3) is 23.1 Å². The third-order valence-electron chi connectivity index (χ3n) is 7.64. The first-order valence-electron chi connectivity index (χ1n) is 14.2. The third-order valence-corrected chi connectivity index (χ3v) is 7.64. The van der Waals surface area contributed by atoms with E-state index in [1.54, 1.807) is 18.6 Å². The summed E-state index contributed by atoms with van der Waals surface area (Å²) >= 11 is 0. The average molecular weight is 575 g/mol. The van der Waals surface area contributed by atoms with E-state index in [-0.39, 0.29) is 17.5 Å². The number of hydrogen-bond acceptors (Lipinski definition) is 6. The van der Waals surface area contributed by atoms with Crippen LogP contribution < -0.4 is 0 Å². The van der Waals surface area contributed by atoms with Gasteiger partial charge < -0.3 is 20.0 Å². The molecule has 216 valence electrons. The maximum Gasteiger partial charge on any atom is 0.270 e. The minimum atomic E-state index is -0.457. The normalized spacial score (nSPS) is 14.2. The summed E-state index contributed by atoms with van der Waals surface area (Å²) in [6.07, 6.45) is 10.6. The number of rotatable bonds is 9. The Kier molecular flexibility index (Phi) is 7.82. The number of hydrogen-bond donors (Lipinski definition) is 3. The first-order valence-corrected chi connectivity index (χ1v) is 14.2. The highest BCUT2D eigenvalue weighted by Crippen LogP contribution is 2.34. The molecule has 43 heavy (non-hydrogen) atoms. The van der Waals surface area contributed by atoms with Crippen LogP contribution >= 0.6 is 0 Å². The lowest BCUT2D eigenvalue weighted by Crippen LogP contribution is -2.36. The molecule has 3 heterocycles. The highest BCUT2D eigenvalue weighted by Gasteiger charge is 2.21. The lowest BCUT2D eigenvalue weighted by atomic mass is 9.98. The zero-order valence-electron chi connectivity index (χ0n) is 23.4. The van der Waals surface area contributed by atoms with E-state index < -0.39 is 4.92 Å². The number of nitro groups is 1. The van der Waals surface area contributed by atoms with E-state index in [4.69, 9.17) is 4.99 Å². The Bertz CT molecular complexity index is 1820. The number of nitro benzene ring substituents is 1. The SMILES string of the molecule is O=C1CCCCN1CCc1ccc(C(=Nc2ccc(/C=C/c3cnc[nH]3)cc2)c2c(O)[nH]c3ccc([N+](=O)[O-])cc23)cc1. The number of likely N-dealkylation sites (tertiary alicyclic amines) is 1. The molecule has 1 aliphatic rings. The average Bonchev–Trinajstić information content (AvgIpc) is 3.66. The molecule has 2 aromatic heterocycles. The predicted molar refractivity (Wildman–Crippen MR) is 166 cm³/mol. The number of imidazole rings is 1. The Labute approximate surface area is 247 Å². The van der Waals surface area contributed by atoms with Gasteiger partial charge in [-0.25, -0.2) is 9.98 Å². The zero-order chi connectivity index (χ0) is 29.8. The van der Waals surface area contributed by atoms with Crippen LogP contribution in [-0.2, 0) is 11.2 Å². The van der Waals surface area contributed by atoms with Crippen molar-refractivity contribution in [2.24, 2.45) is 4.99 Å². The van der Waals surface area contributed by atoms with Gasteiger partial charge in [0, 0.05) is 48.1 Å². The number of fused-ring (bicyclic) bond motifs is 1. The minimum Gasteiger partial charge on any atom is -0.494 e. The fourth-order valence-electron chi connectivity index (χ4n) is 5.31. The fourth-order valence-corrected chi connectivity index (χ4v) is 5.31. The van der Waals surface area contributed by atoms with Crippen molar-refractivity contribution in [3.63, 3.8) is 0 Å². The second-order valence-corrected chi connectivity index (χ2v) is 10.5.